The summed E-state index contributed by atoms with van der Waals surface area (Å²) in [6.07, 6.45) is 3.95. The molecule has 0 aromatic carbocycles. The molecule has 1 aromatic rings. The summed E-state index contributed by atoms with van der Waals surface area (Å²) in [6, 6.07) is 3.76. The van der Waals surface area contributed by atoms with Gasteiger partial charge in [0.05, 0.1) is 18.5 Å². The molecule has 0 amide bonds. The summed E-state index contributed by atoms with van der Waals surface area (Å²) in [6.45, 7) is 4.91. The van der Waals surface area contributed by atoms with Crippen LogP contribution in [0.1, 0.15) is 31.9 Å². The monoisotopic (exact) mass is 298 g/mol. The van der Waals surface area contributed by atoms with Crippen LogP contribution in [0.25, 0.3) is 0 Å². The number of hydrogen-bond acceptors (Lipinski definition) is 4. The molecular weight excluding hydrogens is 276 g/mol. The number of rotatable bonds is 6. The highest BCUT2D eigenvalue weighted by molar-refractivity contribution is 7.89. The molecule has 2 heterocycles. The Hall–Kier alpha value is -1.14. The maximum absolute atomic E-state index is 12.1. The zero-order chi connectivity index (χ0) is 14.6. The smallest absolute Gasteiger partial charge is 0.214 e. The molecule has 5 nitrogen and oxygen atoms in total. The van der Waals surface area contributed by atoms with Crippen molar-refractivity contribution in [3.63, 3.8) is 0 Å². The largest absolute Gasteiger partial charge is 0.487 e. The molecule has 1 aromatic heterocycles. The fraction of sp³-hybridized carbons (Fsp3) is 0.643. The van der Waals surface area contributed by atoms with Crippen LogP contribution in [0.4, 0.5) is 0 Å². The van der Waals surface area contributed by atoms with E-state index in [1.165, 1.54) is 0 Å². The van der Waals surface area contributed by atoms with Crippen molar-refractivity contribution in [3.8, 4) is 5.75 Å². The fourth-order valence-corrected chi connectivity index (χ4v) is 3.91. The van der Waals surface area contributed by atoms with Crippen molar-refractivity contribution in [2.24, 2.45) is 0 Å². The summed E-state index contributed by atoms with van der Waals surface area (Å²) in [5, 5.41) is 0. The first-order valence-corrected chi connectivity index (χ1v) is 8.69. The molecule has 1 fully saturated rings. The third kappa shape index (κ3) is 3.93. The Balaban J connectivity index is 1.90. The average molecular weight is 298 g/mol. The van der Waals surface area contributed by atoms with Crippen molar-refractivity contribution >= 4 is 10.0 Å². The van der Waals surface area contributed by atoms with E-state index >= 15 is 0 Å². The van der Waals surface area contributed by atoms with Gasteiger partial charge in [-0.15, -0.1) is 0 Å². The Bertz CT molecular complexity index is 528. The summed E-state index contributed by atoms with van der Waals surface area (Å²) in [5.74, 6) is 0.941. The maximum atomic E-state index is 12.1. The third-order valence-electron chi connectivity index (χ3n) is 3.44. The van der Waals surface area contributed by atoms with Gasteiger partial charge in [0.15, 0.2) is 0 Å². The van der Waals surface area contributed by atoms with Gasteiger partial charge in [-0.3, -0.25) is 4.98 Å². The number of aromatic nitrogens is 1. The van der Waals surface area contributed by atoms with Crippen LogP contribution in [0.3, 0.4) is 0 Å². The quantitative estimate of drug-likeness (QED) is 0.805. The van der Waals surface area contributed by atoms with E-state index in [0.29, 0.717) is 25.3 Å². The van der Waals surface area contributed by atoms with Crippen LogP contribution < -0.4 is 4.74 Å². The Morgan fingerprint density at radius 3 is 2.90 bits per heavy atom. The van der Waals surface area contributed by atoms with Crippen LogP contribution in [-0.2, 0) is 10.0 Å². The highest BCUT2D eigenvalue weighted by Crippen LogP contribution is 2.20. The van der Waals surface area contributed by atoms with Crippen molar-refractivity contribution in [2.45, 2.75) is 39.2 Å². The van der Waals surface area contributed by atoms with Gasteiger partial charge in [0.1, 0.15) is 11.9 Å². The molecule has 0 unspecified atom stereocenters. The molecule has 6 heteroatoms. The van der Waals surface area contributed by atoms with Crippen molar-refractivity contribution < 1.29 is 13.2 Å². The standard InChI is InChI=1S/C14H22N2O3S/c1-3-4-9-20(17,18)16-8-7-14(11-16)19-13-6-5-12(2)15-10-13/h5-6,10,14H,3-4,7-9,11H2,1-2H3/t14-/m0/s1. The van der Waals surface area contributed by atoms with Crippen LogP contribution in [0.5, 0.6) is 5.75 Å². The van der Waals surface area contributed by atoms with Gasteiger partial charge in [0, 0.05) is 12.2 Å². The number of nitrogens with zero attached hydrogens (tertiary/aromatic N) is 2. The molecule has 1 aliphatic heterocycles. The lowest BCUT2D eigenvalue weighted by molar-refractivity contribution is 0.214. The Morgan fingerprint density at radius 2 is 2.25 bits per heavy atom. The van der Waals surface area contributed by atoms with Crippen LogP contribution >= 0.6 is 0 Å². The first-order chi connectivity index (χ1) is 9.51. The molecule has 0 radical (unpaired) electrons. The van der Waals surface area contributed by atoms with Gasteiger partial charge < -0.3 is 4.74 Å². The van der Waals surface area contributed by atoms with E-state index in [-0.39, 0.29) is 11.9 Å². The first-order valence-electron chi connectivity index (χ1n) is 7.08. The topological polar surface area (TPSA) is 59.5 Å². The molecule has 0 aliphatic carbocycles. The number of ether oxygens (including phenoxy) is 1. The maximum Gasteiger partial charge on any atom is 0.214 e. The SMILES string of the molecule is CCCCS(=O)(=O)N1CC[C@H](Oc2ccc(C)nc2)C1. The molecular formula is C14H22N2O3S. The van der Waals surface area contributed by atoms with Gasteiger partial charge in [0.2, 0.25) is 10.0 Å². The van der Waals surface area contributed by atoms with Gasteiger partial charge >= 0.3 is 0 Å². The van der Waals surface area contributed by atoms with E-state index in [4.69, 9.17) is 4.74 Å². The predicted octanol–water partition coefficient (Wildman–Crippen LogP) is 1.97. The minimum atomic E-state index is -3.12. The second-order valence-electron chi connectivity index (χ2n) is 5.19. The van der Waals surface area contributed by atoms with Crippen molar-refractivity contribution in [1.29, 1.82) is 0 Å². The van der Waals surface area contributed by atoms with Crippen molar-refractivity contribution in [3.05, 3.63) is 24.0 Å². The van der Waals surface area contributed by atoms with E-state index in [1.54, 1.807) is 10.5 Å². The highest BCUT2D eigenvalue weighted by Gasteiger charge is 2.31. The van der Waals surface area contributed by atoms with Gasteiger partial charge in [-0.2, -0.15) is 4.31 Å². The summed E-state index contributed by atoms with van der Waals surface area (Å²) in [5.41, 5.74) is 0.938. The third-order valence-corrected chi connectivity index (χ3v) is 5.37. The van der Waals surface area contributed by atoms with E-state index < -0.39 is 10.0 Å². The first kappa shape index (κ1) is 15.3. The van der Waals surface area contributed by atoms with Crippen LogP contribution in [0.15, 0.2) is 18.3 Å². The summed E-state index contributed by atoms with van der Waals surface area (Å²) in [7, 11) is -3.12. The minimum Gasteiger partial charge on any atom is -0.487 e. The summed E-state index contributed by atoms with van der Waals surface area (Å²) in [4.78, 5) is 4.17. The molecule has 1 aliphatic rings. The van der Waals surface area contributed by atoms with E-state index in [0.717, 1.165) is 18.5 Å². The van der Waals surface area contributed by atoms with E-state index in [9.17, 15) is 8.42 Å². The zero-order valence-corrected chi connectivity index (χ0v) is 12.9. The Morgan fingerprint density at radius 1 is 1.45 bits per heavy atom. The lowest BCUT2D eigenvalue weighted by atomic mass is 10.3. The average Bonchev–Trinajstić information content (AvgIpc) is 2.88. The molecule has 20 heavy (non-hydrogen) atoms. The zero-order valence-electron chi connectivity index (χ0n) is 12.1. The van der Waals surface area contributed by atoms with Crippen molar-refractivity contribution in [2.75, 3.05) is 18.8 Å². The van der Waals surface area contributed by atoms with Gasteiger partial charge in [-0.25, -0.2) is 8.42 Å². The molecule has 1 atom stereocenters. The van der Waals surface area contributed by atoms with E-state index in [1.807, 2.05) is 26.0 Å². The lowest BCUT2D eigenvalue weighted by Gasteiger charge is -2.17. The lowest BCUT2D eigenvalue weighted by Crippen LogP contribution is -2.32. The minimum absolute atomic E-state index is 0.0732. The molecule has 0 N–H and O–H groups in total. The number of aryl methyl sites for hydroxylation is 1. The number of pyridine rings is 1. The van der Waals surface area contributed by atoms with Crippen LogP contribution in [0.2, 0.25) is 0 Å². The number of hydrogen-bond donors (Lipinski definition) is 0. The number of sulfonamides is 1. The highest BCUT2D eigenvalue weighted by atomic mass is 32.2. The Labute approximate surface area is 121 Å². The Kier molecular flexibility index (Phi) is 4.99. The summed E-state index contributed by atoms with van der Waals surface area (Å²) >= 11 is 0. The van der Waals surface area contributed by atoms with Crippen LogP contribution in [0, 0.1) is 6.92 Å². The van der Waals surface area contributed by atoms with Crippen molar-refractivity contribution in [1.82, 2.24) is 9.29 Å². The molecule has 112 valence electrons. The molecule has 1 saturated heterocycles. The summed E-state index contributed by atoms with van der Waals surface area (Å²) < 4.78 is 31.5. The second-order valence-corrected chi connectivity index (χ2v) is 7.28. The van der Waals surface area contributed by atoms with Gasteiger partial charge in [0.25, 0.3) is 0 Å². The molecule has 0 bridgehead atoms. The second kappa shape index (κ2) is 6.54. The normalized spacial score (nSPS) is 20.2. The van der Waals surface area contributed by atoms with Gasteiger partial charge in [-0.05, 0) is 31.9 Å². The fourth-order valence-electron chi connectivity index (χ4n) is 2.22. The van der Waals surface area contributed by atoms with Gasteiger partial charge in [-0.1, -0.05) is 13.3 Å². The predicted molar refractivity (Wildman–Crippen MR) is 78.3 cm³/mol. The molecule has 0 spiro atoms. The molecule has 2 rings (SSSR count). The van der Waals surface area contributed by atoms with E-state index in [2.05, 4.69) is 4.98 Å². The number of unbranched alkanes of at least 4 members (excludes halogenated alkanes) is 1. The molecule has 0 saturated carbocycles. The van der Waals surface area contributed by atoms with Crippen LogP contribution in [-0.4, -0.2) is 42.7 Å².